The monoisotopic (exact) mass is 248 g/mol. The lowest BCUT2D eigenvalue weighted by molar-refractivity contribution is -0.143. The minimum Gasteiger partial charge on any atom is -0.492 e. The number of hydrogen-bond acceptors (Lipinski definition) is 4. The van der Waals surface area contributed by atoms with E-state index in [1.807, 2.05) is 6.07 Å². The highest BCUT2D eigenvalue weighted by Crippen LogP contribution is 2.11. The Kier molecular flexibility index (Phi) is 4.69. The fourth-order valence-electron chi connectivity index (χ4n) is 1.23. The molecule has 0 aromatic heterocycles. The summed E-state index contributed by atoms with van der Waals surface area (Å²) in [6, 6.07) is 8.78. The zero-order chi connectivity index (χ0) is 13.6. The van der Waals surface area contributed by atoms with E-state index in [0.29, 0.717) is 24.5 Å². The predicted molar refractivity (Wildman–Crippen MR) is 66.4 cm³/mol. The largest absolute Gasteiger partial charge is 0.492 e. The van der Waals surface area contributed by atoms with Crippen molar-refractivity contribution in [3.63, 3.8) is 0 Å². The molecule has 0 aliphatic heterocycles. The topological polar surface area (TPSA) is 82.3 Å². The van der Waals surface area contributed by atoms with Crippen LogP contribution in [-0.4, -0.2) is 29.8 Å². The van der Waals surface area contributed by atoms with E-state index in [1.54, 1.807) is 38.1 Å². The Morgan fingerprint density at radius 3 is 2.56 bits per heavy atom. The van der Waals surface area contributed by atoms with Crippen molar-refractivity contribution in [2.75, 3.05) is 13.2 Å². The molecule has 0 aliphatic rings. The molecule has 0 heterocycles. The number of carbonyl (C=O) groups is 1. The number of carboxylic acids is 1. The van der Waals surface area contributed by atoms with E-state index in [4.69, 9.17) is 15.1 Å². The number of rotatable bonds is 6. The van der Waals surface area contributed by atoms with Gasteiger partial charge in [0.05, 0.1) is 11.6 Å². The fraction of sp³-hybridized carbons (Fsp3) is 0.385. The minimum absolute atomic E-state index is 0.364. The van der Waals surface area contributed by atoms with Gasteiger partial charge in [-0.3, -0.25) is 10.1 Å². The van der Waals surface area contributed by atoms with Gasteiger partial charge < -0.3 is 9.84 Å². The van der Waals surface area contributed by atoms with Crippen LogP contribution in [0.5, 0.6) is 5.75 Å². The highest BCUT2D eigenvalue weighted by atomic mass is 16.5. The van der Waals surface area contributed by atoms with Gasteiger partial charge >= 0.3 is 5.97 Å². The Labute approximate surface area is 106 Å². The normalized spacial score (nSPS) is 10.7. The van der Waals surface area contributed by atoms with Crippen molar-refractivity contribution in [1.29, 1.82) is 5.26 Å². The van der Waals surface area contributed by atoms with E-state index in [0.717, 1.165) is 0 Å². The summed E-state index contributed by atoms with van der Waals surface area (Å²) >= 11 is 0. The molecule has 0 atom stereocenters. The van der Waals surface area contributed by atoms with Crippen LogP contribution in [0.3, 0.4) is 0 Å². The van der Waals surface area contributed by atoms with E-state index in [1.165, 1.54) is 0 Å². The average Bonchev–Trinajstić information content (AvgIpc) is 2.35. The van der Waals surface area contributed by atoms with E-state index >= 15 is 0 Å². The fourth-order valence-corrected chi connectivity index (χ4v) is 1.23. The van der Waals surface area contributed by atoms with E-state index in [2.05, 4.69) is 5.32 Å². The predicted octanol–water partition coefficient (Wildman–Crippen LogP) is 1.39. The van der Waals surface area contributed by atoms with Gasteiger partial charge in [-0.25, -0.2) is 0 Å². The summed E-state index contributed by atoms with van der Waals surface area (Å²) in [5, 5.41) is 20.4. The van der Waals surface area contributed by atoms with Crippen LogP contribution in [0.2, 0.25) is 0 Å². The molecule has 96 valence electrons. The number of nitrogens with one attached hydrogen (secondary N) is 1. The molecule has 18 heavy (non-hydrogen) atoms. The van der Waals surface area contributed by atoms with Gasteiger partial charge in [-0.05, 0) is 38.1 Å². The van der Waals surface area contributed by atoms with Gasteiger partial charge in [-0.2, -0.15) is 5.26 Å². The van der Waals surface area contributed by atoms with Gasteiger partial charge in [-0.1, -0.05) is 0 Å². The van der Waals surface area contributed by atoms with Crippen LogP contribution in [0, 0.1) is 11.3 Å². The van der Waals surface area contributed by atoms with Gasteiger partial charge in [0.25, 0.3) is 0 Å². The summed E-state index contributed by atoms with van der Waals surface area (Å²) < 4.78 is 5.42. The lowest BCUT2D eigenvalue weighted by Crippen LogP contribution is -2.48. The minimum atomic E-state index is -0.964. The van der Waals surface area contributed by atoms with E-state index in [-0.39, 0.29) is 0 Å². The Morgan fingerprint density at radius 2 is 2.06 bits per heavy atom. The van der Waals surface area contributed by atoms with Crippen LogP contribution in [0.25, 0.3) is 0 Å². The first-order chi connectivity index (χ1) is 8.45. The summed E-state index contributed by atoms with van der Waals surface area (Å²) in [6.45, 7) is 3.98. The molecule has 1 rings (SSSR count). The average molecular weight is 248 g/mol. The summed E-state index contributed by atoms with van der Waals surface area (Å²) in [5.41, 5.74) is -0.388. The third-order valence-electron chi connectivity index (χ3n) is 2.46. The molecule has 0 bridgehead atoms. The number of nitrogens with zero attached hydrogens (tertiary/aromatic N) is 1. The summed E-state index contributed by atoms with van der Waals surface area (Å²) in [5.74, 6) is -0.246. The number of nitriles is 1. The Bertz CT molecular complexity index is 446. The van der Waals surface area contributed by atoms with Crippen LogP contribution >= 0.6 is 0 Å². The van der Waals surface area contributed by atoms with Gasteiger partial charge in [0.15, 0.2) is 0 Å². The maximum absolute atomic E-state index is 10.8. The lowest BCUT2D eigenvalue weighted by atomic mass is 10.1. The van der Waals surface area contributed by atoms with Crippen molar-refractivity contribution < 1.29 is 14.6 Å². The third-order valence-corrected chi connectivity index (χ3v) is 2.46. The van der Waals surface area contributed by atoms with Crippen LogP contribution in [0.1, 0.15) is 19.4 Å². The zero-order valence-electron chi connectivity index (χ0n) is 10.4. The van der Waals surface area contributed by atoms with Crippen molar-refractivity contribution >= 4 is 5.97 Å². The molecule has 0 unspecified atom stereocenters. The van der Waals surface area contributed by atoms with Crippen LogP contribution in [-0.2, 0) is 4.79 Å². The van der Waals surface area contributed by atoms with E-state index < -0.39 is 11.5 Å². The standard InChI is InChI=1S/C13H16N2O3/c1-13(2,12(16)17)15-7-8-18-11-5-3-10(9-14)4-6-11/h3-6,15H,7-8H2,1-2H3,(H,16,17). The highest BCUT2D eigenvalue weighted by Gasteiger charge is 2.25. The first kappa shape index (κ1) is 14.0. The first-order valence-corrected chi connectivity index (χ1v) is 5.57. The molecular weight excluding hydrogens is 232 g/mol. The van der Waals surface area contributed by atoms with Gasteiger partial charge in [0, 0.05) is 6.54 Å². The Morgan fingerprint density at radius 1 is 1.44 bits per heavy atom. The number of aliphatic carboxylic acids is 1. The van der Waals surface area contributed by atoms with Gasteiger partial charge in [0.1, 0.15) is 17.9 Å². The number of ether oxygens (including phenoxy) is 1. The van der Waals surface area contributed by atoms with Crippen molar-refractivity contribution in [3.8, 4) is 11.8 Å². The first-order valence-electron chi connectivity index (χ1n) is 5.57. The molecule has 0 amide bonds. The molecule has 0 saturated carbocycles. The molecule has 1 aromatic rings. The highest BCUT2D eigenvalue weighted by molar-refractivity contribution is 5.77. The van der Waals surface area contributed by atoms with Crippen molar-refractivity contribution in [3.05, 3.63) is 29.8 Å². The maximum Gasteiger partial charge on any atom is 0.323 e. The van der Waals surface area contributed by atoms with Crippen LogP contribution < -0.4 is 10.1 Å². The van der Waals surface area contributed by atoms with Crippen molar-refractivity contribution in [2.24, 2.45) is 0 Å². The molecule has 5 nitrogen and oxygen atoms in total. The Hall–Kier alpha value is -2.06. The molecule has 0 saturated heterocycles. The zero-order valence-corrected chi connectivity index (χ0v) is 10.4. The molecule has 0 radical (unpaired) electrons. The molecule has 2 N–H and O–H groups in total. The summed E-state index contributed by atoms with van der Waals surface area (Å²) in [4.78, 5) is 10.8. The molecule has 0 spiro atoms. The number of benzene rings is 1. The second kappa shape index (κ2) is 6.03. The second-order valence-corrected chi connectivity index (χ2v) is 4.34. The number of carboxylic acid groups (broad SMARTS) is 1. The lowest BCUT2D eigenvalue weighted by Gasteiger charge is -2.20. The SMILES string of the molecule is CC(C)(NCCOc1ccc(C#N)cc1)C(=O)O. The molecule has 5 heteroatoms. The molecule has 0 aliphatic carbocycles. The van der Waals surface area contributed by atoms with Gasteiger partial charge in [0.2, 0.25) is 0 Å². The van der Waals surface area contributed by atoms with E-state index in [9.17, 15) is 4.79 Å². The molecule has 1 aromatic carbocycles. The third kappa shape index (κ3) is 4.07. The van der Waals surface area contributed by atoms with Gasteiger partial charge in [-0.15, -0.1) is 0 Å². The molecule has 0 fully saturated rings. The Balaban J connectivity index is 2.34. The van der Waals surface area contributed by atoms with Crippen molar-refractivity contribution in [1.82, 2.24) is 5.32 Å². The van der Waals surface area contributed by atoms with Crippen molar-refractivity contribution in [2.45, 2.75) is 19.4 Å². The number of hydrogen-bond donors (Lipinski definition) is 2. The summed E-state index contributed by atoms with van der Waals surface area (Å²) in [7, 11) is 0. The summed E-state index contributed by atoms with van der Waals surface area (Å²) in [6.07, 6.45) is 0. The maximum atomic E-state index is 10.8. The quantitative estimate of drug-likeness (QED) is 0.743. The van der Waals surface area contributed by atoms with Crippen LogP contribution in [0.15, 0.2) is 24.3 Å². The van der Waals surface area contributed by atoms with Crippen LogP contribution in [0.4, 0.5) is 0 Å². The second-order valence-electron chi connectivity index (χ2n) is 4.34. The smallest absolute Gasteiger partial charge is 0.323 e. The molecular formula is C13H16N2O3.